The maximum atomic E-state index is 14.1. The minimum absolute atomic E-state index is 0.0159. The SMILES string of the molecule is COCCNC(=O)C[C@H]1CC[C@@H](CNC(=O)c2ccc(C#N)cc2F)N1CC1CC1. The van der Waals surface area contributed by atoms with Crippen LogP contribution in [0.25, 0.3) is 0 Å². The maximum absolute atomic E-state index is 14.1. The lowest BCUT2D eigenvalue weighted by Crippen LogP contribution is -2.45. The second kappa shape index (κ2) is 10.5. The van der Waals surface area contributed by atoms with Crippen LogP contribution in [0, 0.1) is 23.1 Å². The monoisotopic (exact) mass is 416 g/mol. The third-order valence-corrected chi connectivity index (χ3v) is 5.83. The van der Waals surface area contributed by atoms with Crippen molar-refractivity contribution in [2.24, 2.45) is 5.92 Å². The number of amides is 2. The van der Waals surface area contributed by atoms with Crippen LogP contribution in [0.4, 0.5) is 4.39 Å². The number of ether oxygens (including phenoxy) is 1. The summed E-state index contributed by atoms with van der Waals surface area (Å²) in [4.78, 5) is 27.0. The van der Waals surface area contributed by atoms with Gasteiger partial charge in [0.1, 0.15) is 5.82 Å². The molecule has 8 heteroatoms. The van der Waals surface area contributed by atoms with Crippen molar-refractivity contribution in [2.45, 2.75) is 44.2 Å². The lowest BCUT2D eigenvalue weighted by molar-refractivity contribution is -0.122. The molecule has 1 aliphatic carbocycles. The van der Waals surface area contributed by atoms with E-state index in [9.17, 15) is 14.0 Å². The Morgan fingerprint density at radius 3 is 2.67 bits per heavy atom. The molecule has 7 nitrogen and oxygen atoms in total. The molecule has 2 N–H and O–H groups in total. The zero-order valence-corrected chi connectivity index (χ0v) is 17.3. The number of nitriles is 1. The number of halogens is 1. The second-order valence-corrected chi connectivity index (χ2v) is 8.09. The molecule has 1 aromatic rings. The Bertz CT molecular complexity index is 806. The van der Waals surface area contributed by atoms with Gasteiger partial charge in [-0.25, -0.2) is 4.39 Å². The van der Waals surface area contributed by atoms with Crippen molar-refractivity contribution in [1.29, 1.82) is 5.26 Å². The van der Waals surface area contributed by atoms with Crippen LogP contribution in [-0.2, 0) is 9.53 Å². The van der Waals surface area contributed by atoms with Crippen LogP contribution in [-0.4, -0.2) is 62.1 Å². The number of nitrogens with one attached hydrogen (secondary N) is 2. The van der Waals surface area contributed by atoms with Crippen LogP contribution in [0.15, 0.2) is 18.2 Å². The first kappa shape index (κ1) is 22.2. The van der Waals surface area contributed by atoms with Gasteiger partial charge in [0.05, 0.1) is 23.8 Å². The fourth-order valence-corrected chi connectivity index (χ4v) is 4.00. The van der Waals surface area contributed by atoms with Crippen molar-refractivity contribution in [3.8, 4) is 6.07 Å². The third-order valence-electron chi connectivity index (χ3n) is 5.83. The number of carbonyl (C=O) groups excluding carboxylic acids is 2. The Hall–Kier alpha value is -2.50. The average Bonchev–Trinajstić information content (AvgIpc) is 3.48. The molecule has 0 spiro atoms. The quantitative estimate of drug-likeness (QED) is 0.568. The minimum Gasteiger partial charge on any atom is -0.383 e. The summed E-state index contributed by atoms with van der Waals surface area (Å²) in [6, 6.07) is 5.99. The molecule has 2 atom stereocenters. The van der Waals surface area contributed by atoms with Gasteiger partial charge in [0.25, 0.3) is 5.91 Å². The van der Waals surface area contributed by atoms with E-state index in [-0.39, 0.29) is 29.1 Å². The Kier molecular flexibility index (Phi) is 7.77. The lowest BCUT2D eigenvalue weighted by Gasteiger charge is -2.30. The molecule has 2 amide bonds. The van der Waals surface area contributed by atoms with E-state index in [2.05, 4.69) is 15.5 Å². The summed E-state index contributed by atoms with van der Waals surface area (Å²) < 4.78 is 19.1. The number of nitrogens with zero attached hydrogens (tertiary/aromatic N) is 2. The first-order chi connectivity index (χ1) is 14.5. The molecule has 1 aliphatic heterocycles. The molecular weight excluding hydrogens is 387 g/mol. The standard InChI is InChI=1S/C22H29FN4O3/c1-30-9-8-25-21(28)11-17-5-6-18(27(17)14-15-2-3-15)13-26-22(29)19-7-4-16(12-24)10-20(19)23/h4,7,10,15,17-18H,2-3,5-6,8-9,11,13-14H2,1H3,(H,25,28)(H,26,29)/t17-,18+/m1/s1. The number of hydrogen-bond acceptors (Lipinski definition) is 5. The molecule has 162 valence electrons. The van der Waals surface area contributed by atoms with Crippen LogP contribution in [0.2, 0.25) is 0 Å². The highest BCUT2D eigenvalue weighted by atomic mass is 19.1. The highest BCUT2D eigenvalue weighted by molar-refractivity contribution is 5.94. The van der Waals surface area contributed by atoms with Crippen LogP contribution in [0.5, 0.6) is 0 Å². The van der Waals surface area contributed by atoms with E-state index in [0.29, 0.717) is 32.0 Å². The lowest BCUT2D eigenvalue weighted by atomic mass is 10.1. The molecule has 0 radical (unpaired) electrons. The summed E-state index contributed by atoms with van der Waals surface area (Å²) in [5.74, 6) is -0.499. The Morgan fingerprint density at radius 2 is 2.00 bits per heavy atom. The van der Waals surface area contributed by atoms with Crippen molar-refractivity contribution in [3.63, 3.8) is 0 Å². The van der Waals surface area contributed by atoms with Crippen molar-refractivity contribution < 1.29 is 18.7 Å². The third kappa shape index (κ3) is 6.00. The number of benzene rings is 1. The van der Waals surface area contributed by atoms with Crippen LogP contribution in [0.1, 0.15) is 48.0 Å². The predicted molar refractivity (Wildman–Crippen MR) is 109 cm³/mol. The van der Waals surface area contributed by atoms with Crippen LogP contribution in [0.3, 0.4) is 0 Å². The first-order valence-electron chi connectivity index (χ1n) is 10.5. The largest absolute Gasteiger partial charge is 0.383 e. The van der Waals surface area contributed by atoms with E-state index < -0.39 is 11.7 Å². The topological polar surface area (TPSA) is 94.5 Å². The molecule has 2 aliphatic rings. The number of likely N-dealkylation sites (tertiary alicyclic amines) is 1. The van der Waals surface area contributed by atoms with Gasteiger partial charge in [0, 0.05) is 45.2 Å². The Morgan fingerprint density at radius 1 is 1.23 bits per heavy atom. The van der Waals surface area contributed by atoms with Crippen LogP contribution >= 0.6 is 0 Å². The van der Waals surface area contributed by atoms with Gasteiger partial charge in [0.15, 0.2) is 0 Å². The maximum Gasteiger partial charge on any atom is 0.254 e. The molecule has 0 aromatic heterocycles. The van der Waals surface area contributed by atoms with E-state index in [1.54, 1.807) is 7.11 Å². The predicted octanol–water partition coefficient (Wildman–Crippen LogP) is 1.82. The zero-order valence-electron chi connectivity index (χ0n) is 17.3. The molecule has 1 heterocycles. The van der Waals surface area contributed by atoms with E-state index in [4.69, 9.17) is 10.00 Å². The molecule has 0 bridgehead atoms. The molecule has 2 fully saturated rings. The molecule has 30 heavy (non-hydrogen) atoms. The Balaban J connectivity index is 1.56. The highest BCUT2D eigenvalue weighted by Crippen LogP contribution is 2.35. The smallest absolute Gasteiger partial charge is 0.254 e. The normalized spacial score (nSPS) is 21.2. The van der Waals surface area contributed by atoms with Crippen LogP contribution < -0.4 is 10.6 Å². The van der Waals surface area contributed by atoms with Crippen molar-refractivity contribution in [2.75, 3.05) is 33.4 Å². The van der Waals surface area contributed by atoms with Crippen molar-refractivity contribution >= 4 is 11.8 Å². The molecule has 0 unspecified atom stereocenters. The summed E-state index contributed by atoms with van der Waals surface area (Å²) in [5.41, 5.74) is 0.122. The van der Waals surface area contributed by atoms with Crippen molar-refractivity contribution in [3.05, 3.63) is 35.1 Å². The molecule has 3 rings (SSSR count). The van der Waals surface area contributed by atoms with E-state index in [0.717, 1.165) is 25.5 Å². The number of methoxy groups -OCH3 is 1. The second-order valence-electron chi connectivity index (χ2n) is 8.09. The molecule has 1 saturated heterocycles. The zero-order chi connectivity index (χ0) is 21.5. The van der Waals surface area contributed by atoms with Gasteiger partial charge in [-0.2, -0.15) is 5.26 Å². The Labute approximate surface area is 176 Å². The fourth-order valence-electron chi connectivity index (χ4n) is 4.00. The van der Waals surface area contributed by atoms with Gasteiger partial charge in [-0.05, 0) is 49.8 Å². The van der Waals surface area contributed by atoms with Crippen molar-refractivity contribution in [1.82, 2.24) is 15.5 Å². The highest BCUT2D eigenvalue weighted by Gasteiger charge is 2.38. The fraction of sp³-hybridized carbons (Fsp3) is 0.591. The number of carbonyl (C=O) groups is 2. The van der Waals surface area contributed by atoms with E-state index >= 15 is 0 Å². The summed E-state index contributed by atoms with van der Waals surface area (Å²) in [5, 5.41) is 14.6. The summed E-state index contributed by atoms with van der Waals surface area (Å²) in [6.07, 6.45) is 4.64. The molecule has 1 saturated carbocycles. The number of rotatable bonds is 10. The molecule has 1 aromatic carbocycles. The average molecular weight is 416 g/mol. The summed E-state index contributed by atoms with van der Waals surface area (Å²) in [7, 11) is 1.60. The minimum atomic E-state index is -0.696. The summed E-state index contributed by atoms with van der Waals surface area (Å²) in [6.45, 7) is 2.33. The van der Waals surface area contributed by atoms with E-state index in [1.807, 2.05) is 6.07 Å². The van der Waals surface area contributed by atoms with E-state index in [1.165, 1.54) is 25.0 Å². The van der Waals surface area contributed by atoms with Gasteiger partial charge in [0.2, 0.25) is 5.91 Å². The van der Waals surface area contributed by atoms with Gasteiger partial charge >= 0.3 is 0 Å². The summed E-state index contributed by atoms with van der Waals surface area (Å²) >= 11 is 0. The van der Waals surface area contributed by atoms with Gasteiger partial charge < -0.3 is 15.4 Å². The first-order valence-corrected chi connectivity index (χ1v) is 10.5. The molecular formula is C22H29FN4O3. The van der Waals surface area contributed by atoms with Gasteiger partial charge in [-0.3, -0.25) is 14.5 Å². The van der Waals surface area contributed by atoms with Gasteiger partial charge in [-0.15, -0.1) is 0 Å². The van der Waals surface area contributed by atoms with Gasteiger partial charge in [-0.1, -0.05) is 0 Å². The number of hydrogen-bond donors (Lipinski definition) is 2.